The Kier molecular flexibility index (Phi) is 9.32. The van der Waals surface area contributed by atoms with Crippen molar-refractivity contribution in [2.24, 2.45) is 0 Å². The predicted octanol–water partition coefficient (Wildman–Crippen LogP) is -3.18. The fourth-order valence-electron chi connectivity index (χ4n) is 1.56. The molecule has 10 nitrogen and oxygen atoms in total. The second kappa shape index (κ2) is 9.48. The monoisotopic (exact) mass is 410 g/mol. The molecule has 0 spiro atoms. The standard InChI is InChI=1S/C12H18O10S2.Na.H/c1-7(13)5-21-10-3-9(23(15,16)17)4-11(24(18,19)20)12(10)22-6-8(2)14;;/h3-4,7-8,13-14H,5-6H2,1-2H3,(H,15,16,17)(H,18,19,20);;/q;+1;-1. The van der Waals surface area contributed by atoms with Crippen molar-refractivity contribution >= 4 is 20.2 Å². The second-order valence-electron chi connectivity index (χ2n) is 5.02. The first kappa shape index (κ1) is 24.6. The first-order valence-corrected chi connectivity index (χ1v) is 9.45. The number of aliphatic hydroxyl groups is 2. The number of aliphatic hydroxyl groups excluding tert-OH is 2. The van der Waals surface area contributed by atoms with Crippen LogP contribution in [0.25, 0.3) is 0 Å². The minimum absolute atomic E-state index is 0. The summed E-state index contributed by atoms with van der Waals surface area (Å²) in [4.78, 5) is -1.83. The average Bonchev–Trinajstić information content (AvgIpc) is 2.40. The van der Waals surface area contributed by atoms with Crippen molar-refractivity contribution in [1.29, 1.82) is 0 Å². The molecule has 1 rings (SSSR count). The van der Waals surface area contributed by atoms with Gasteiger partial charge in [-0.3, -0.25) is 9.11 Å². The Balaban J connectivity index is 0. The molecule has 0 radical (unpaired) electrons. The summed E-state index contributed by atoms with van der Waals surface area (Å²) in [5, 5.41) is 18.5. The van der Waals surface area contributed by atoms with E-state index in [0.717, 1.165) is 6.07 Å². The van der Waals surface area contributed by atoms with Crippen molar-refractivity contribution in [3.8, 4) is 11.5 Å². The van der Waals surface area contributed by atoms with Crippen LogP contribution in [0, 0.1) is 0 Å². The molecule has 0 aliphatic rings. The summed E-state index contributed by atoms with van der Waals surface area (Å²) in [6.45, 7) is 1.95. The maximum atomic E-state index is 11.5. The van der Waals surface area contributed by atoms with Gasteiger partial charge in [0.05, 0.1) is 17.1 Å². The molecule has 0 heterocycles. The predicted molar refractivity (Wildman–Crippen MR) is 81.5 cm³/mol. The molecule has 0 aromatic heterocycles. The van der Waals surface area contributed by atoms with Gasteiger partial charge in [-0.05, 0) is 19.9 Å². The summed E-state index contributed by atoms with van der Waals surface area (Å²) in [6.07, 6.45) is -2.00. The molecule has 1 aromatic carbocycles. The molecule has 4 N–H and O–H groups in total. The normalized spacial score (nSPS) is 14.3. The quantitative estimate of drug-likeness (QED) is 0.253. The van der Waals surface area contributed by atoms with Crippen LogP contribution in [0.15, 0.2) is 21.9 Å². The summed E-state index contributed by atoms with van der Waals surface area (Å²) >= 11 is 0. The number of benzene rings is 1. The zero-order valence-corrected chi connectivity index (χ0v) is 17.4. The Morgan fingerprint density at radius 2 is 1.44 bits per heavy atom. The Morgan fingerprint density at radius 3 is 1.84 bits per heavy atom. The van der Waals surface area contributed by atoms with Gasteiger partial charge in [-0.2, -0.15) is 16.8 Å². The van der Waals surface area contributed by atoms with Crippen LogP contribution in [0.1, 0.15) is 15.3 Å². The van der Waals surface area contributed by atoms with Crippen molar-refractivity contribution in [3.63, 3.8) is 0 Å². The molecule has 0 saturated carbocycles. The topological polar surface area (TPSA) is 168 Å². The molecular formula is C12H19NaO10S2. The van der Waals surface area contributed by atoms with Crippen LogP contribution in [0.2, 0.25) is 0 Å². The van der Waals surface area contributed by atoms with Crippen LogP contribution in [0.4, 0.5) is 0 Å². The SMILES string of the molecule is CC(O)COc1cc(S(=O)(=O)O)cc(S(=O)(=O)O)c1OCC(C)O.[H-].[Na+]. The van der Waals surface area contributed by atoms with E-state index in [1.807, 2.05) is 0 Å². The van der Waals surface area contributed by atoms with Crippen LogP contribution in [-0.4, -0.2) is 61.6 Å². The molecule has 2 unspecified atom stereocenters. The van der Waals surface area contributed by atoms with Crippen LogP contribution >= 0.6 is 0 Å². The van der Waals surface area contributed by atoms with Crippen molar-refractivity contribution in [1.82, 2.24) is 0 Å². The molecule has 0 bridgehead atoms. The van der Waals surface area contributed by atoms with Gasteiger partial charge in [0.1, 0.15) is 18.1 Å². The van der Waals surface area contributed by atoms with Gasteiger partial charge in [0.15, 0.2) is 11.5 Å². The van der Waals surface area contributed by atoms with Gasteiger partial charge in [0.25, 0.3) is 20.2 Å². The Hall–Kier alpha value is -0.440. The van der Waals surface area contributed by atoms with Crippen molar-refractivity contribution in [2.45, 2.75) is 35.8 Å². The summed E-state index contributed by atoms with van der Waals surface area (Å²) in [6, 6.07) is 1.25. The number of ether oxygens (including phenoxy) is 2. The molecule has 1 aromatic rings. The van der Waals surface area contributed by atoms with Crippen molar-refractivity contribution in [2.75, 3.05) is 13.2 Å². The maximum Gasteiger partial charge on any atom is 1.00 e. The van der Waals surface area contributed by atoms with Gasteiger partial charge in [0.2, 0.25) is 0 Å². The van der Waals surface area contributed by atoms with E-state index in [1.54, 1.807) is 0 Å². The largest absolute Gasteiger partial charge is 1.00 e. The third kappa shape index (κ3) is 7.76. The molecular weight excluding hydrogens is 391 g/mol. The third-order valence-electron chi connectivity index (χ3n) is 2.52. The summed E-state index contributed by atoms with van der Waals surface area (Å²) in [5.41, 5.74) is 0. The van der Waals surface area contributed by atoms with Crippen molar-refractivity contribution < 1.29 is 76.6 Å². The minimum Gasteiger partial charge on any atom is -1.00 e. The smallest absolute Gasteiger partial charge is 1.00 e. The first-order chi connectivity index (χ1) is 10.8. The van der Waals surface area contributed by atoms with Gasteiger partial charge < -0.3 is 21.1 Å². The zero-order valence-electron chi connectivity index (χ0n) is 14.8. The average molecular weight is 410 g/mol. The zero-order chi connectivity index (χ0) is 18.7. The van der Waals surface area contributed by atoms with Crippen LogP contribution < -0.4 is 39.0 Å². The molecule has 0 aliphatic heterocycles. The number of hydrogen-bond donors (Lipinski definition) is 4. The molecule has 0 fully saturated rings. The van der Waals surface area contributed by atoms with Crippen LogP contribution in [0.3, 0.4) is 0 Å². The van der Waals surface area contributed by atoms with E-state index >= 15 is 0 Å². The first-order valence-electron chi connectivity index (χ1n) is 6.57. The Bertz CT molecular complexity index is 792. The van der Waals surface area contributed by atoms with Gasteiger partial charge in [0, 0.05) is 6.07 Å². The van der Waals surface area contributed by atoms with E-state index in [2.05, 4.69) is 0 Å². The van der Waals surface area contributed by atoms with Crippen LogP contribution in [0.5, 0.6) is 11.5 Å². The molecule has 0 amide bonds. The van der Waals surface area contributed by atoms with Gasteiger partial charge >= 0.3 is 29.6 Å². The van der Waals surface area contributed by atoms with E-state index in [1.165, 1.54) is 13.8 Å². The van der Waals surface area contributed by atoms with Gasteiger partial charge in [-0.1, -0.05) is 0 Å². The molecule has 25 heavy (non-hydrogen) atoms. The summed E-state index contributed by atoms with van der Waals surface area (Å²) < 4.78 is 74.1. The van der Waals surface area contributed by atoms with E-state index in [9.17, 15) is 31.6 Å². The second-order valence-corrected chi connectivity index (χ2v) is 7.83. The molecule has 2 atom stereocenters. The van der Waals surface area contributed by atoms with Gasteiger partial charge in [-0.15, -0.1) is 0 Å². The Labute approximate surface area is 169 Å². The number of hydrogen-bond acceptors (Lipinski definition) is 8. The molecule has 0 saturated heterocycles. The third-order valence-corrected chi connectivity index (χ3v) is 4.21. The molecule has 13 heteroatoms. The summed E-state index contributed by atoms with van der Waals surface area (Å²) in [5.74, 6) is -1.02. The maximum absolute atomic E-state index is 11.5. The molecule has 140 valence electrons. The van der Waals surface area contributed by atoms with E-state index in [4.69, 9.17) is 14.0 Å². The van der Waals surface area contributed by atoms with E-state index < -0.39 is 60.3 Å². The van der Waals surface area contributed by atoms with E-state index in [-0.39, 0.29) is 37.6 Å². The van der Waals surface area contributed by atoms with Gasteiger partial charge in [-0.25, -0.2) is 0 Å². The Morgan fingerprint density at radius 1 is 0.960 bits per heavy atom. The van der Waals surface area contributed by atoms with Crippen molar-refractivity contribution in [3.05, 3.63) is 12.1 Å². The summed E-state index contributed by atoms with van der Waals surface area (Å²) in [7, 11) is -9.77. The van der Waals surface area contributed by atoms with Crippen LogP contribution in [-0.2, 0) is 20.2 Å². The minimum atomic E-state index is -4.95. The van der Waals surface area contributed by atoms with E-state index in [0.29, 0.717) is 6.07 Å². The molecule has 0 aliphatic carbocycles. The fourth-order valence-corrected chi connectivity index (χ4v) is 2.82. The number of rotatable bonds is 8. The fraction of sp³-hybridized carbons (Fsp3) is 0.500.